The van der Waals surface area contributed by atoms with Crippen molar-refractivity contribution in [2.45, 2.75) is 31.3 Å². The number of amides is 2. The lowest BCUT2D eigenvalue weighted by Gasteiger charge is -2.45. The molecule has 1 aromatic heterocycles. The van der Waals surface area contributed by atoms with Gasteiger partial charge in [-0.2, -0.15) is 5.10 Å². The molecule has 1 saturated heterocycles. The van der Waals surface area contributed by atoms with Crippen molar-refractivity contribution in [3.8, 4) is 0 Å². The van der Waals surface area contributed by atoms with Crippen molar-refractivity contribution in [3.63, 3.8) is 0 Å². The number of hydrogen-bond acceptors (Lipinski definition) is 4. The second-order valence-corrected chi connectivity index (χ2v) is 6.95. The number of Topliss-reactive ketones (excluding diaryl/α,β-unsaturated/α-hetero) is 1. The highest BCUT2D eigenvalue weighted by Crippen LogP contribution is 2.37. The maximum absolute atomic E-state index is 13.4. The molecule has 2 amide bonds. The lowest BCUT2D eigenvalue weighted by molar-refractivity contribution is 0.0915. The van der Waals surface area contributed by atoms with E-state index >= 15 is 0 Å². The first-order chi connectivity index (χ1) is 12.5. The Morgan fingerprint density at radius 1 is 1.35 bits per heavy atom. The summed E-state index contributed by atoms with van der Waals surface area (Å²) >= 11 is 0. The first-order valence-electron chi connectivity index (χ1n) is 8.66. The van der Waals surface area contributed by atoms with Crippen LogP contribution >= 0.6 is 0 Å². The number of anilines is 1. The molecule has 136 valence electrons. The van der Waals surface area contributed by atoms with Gasteiger partial charge in [-0.15, -0.1) is 0 Å². The lowest BCUT2D eigenvalue weighted by Crippen LogP contribution is -2.55. The number of likely N-dealkylation sites (tertiary alicyclic amines) is 1. The van der Waals surface area contributed by atoms with E-state index in [1.54, 1.807) is 23.4 Å². The first-order valence-corrected chi connectivity index (χ1v) is 8.66. The Balaban J connectivity index is 1.38. The average Bonchev–Trinajstić information content (AvgIpc) is 3.15. The van der Waals surface area contributed by atoms with Gasteiger partial charge in [-0.25, -0.2) is 9.18 Å². The zero-order valence-corrected chi connectivity index (χ0v) is 14.2. The molecule has 0 saturated carbocycles. The van der Waals surface area contributed by atoms with Gasteiger partial charge in [0.05, 0.1) is 6.20 Å². The summed E-state index contributed by atoms with van der Waals surface area (Å²) in [6.07, 6.45) is 5.09. The average molecular weight is 357 g/mol. The number of H-pyrrole nitrogens is 1. The minimum Gasteiger partial charge on any atom is -0.378 e. The van der Waals surface area contributed by atoms with E-state index in [1.807, 2.05) is 0 Å². The van der Waals surface area contributed by atoms with Crippen LogP contribution in [0.1, 0.15) is 35.2 Å². The van der Waals surface area contributed by atoms with Crippen molar-refractivity contribution in [3.05, 3.63) is 47.5 Å². The van der Waals surface area contributed by atoms with Crippen molar-refractivity contribution in [1.29, 1.82) is 0 Å². The van der Waals surface area contributed by atoms with E-state index in [0.717, 1.165) is 5.56 Å². The molecule has 2 aromatic rings. The fraction of sp³-hybridized carbons (Fsp3) is 0.389. The molecule has 8 heteroatoms. The zero-order valence-electron chi connectivity index (χ0n) is 14.2. The minimum atomic E-state index is -0.404. The number of fused-ring (bicyclic) bond motifs is 1. The molecular formula is C18H20FN5O2. The molecule has 2 aliphatic heterocycles. The highest BCUT2D eigenvalue weighted by molar-refractivity contribution is 6.04. The van der Waals surface area contributed by atoms with Crippen molar-refractivity contribution >= 4 is 17.5 Å². The van der Waals surface area contributed by atoms with Crippen LogP contribution in [0.5, 0.6) is 0 Å². The van der Waals surface area contributed by atoms with Crippen LogP contribution in [0, 0.1) is 5.82 Å². The fourth-order valence-electron chi connectivity index (χ4n) is 3.69. The third-order valence-corrected chi connectivity index (χ3v) is 5.19. The molecule has 0 radical (unpaired) electrons. The molecule has 1 fully saturated rings. The number of carbonyl (C=O) groups is 2. The first kappa shape index (κ1) is 16.6. The molecular weight excluding hydrogens is 337 g/mol. The van der Waals surface area contributed by atoms with Gasteiger partial charge in [-0.3, -0.25) is 9.89 Å². The highest BCUT2D eigenvalue weighted by Gasteiger charge is 2.41. The van der Waals surface area contributed by atoms with E-state index in [4.69, 9.17) is 0 Å². The Labute approximate surface area is 150 Å². The Hall–Kier alpha value is -2.90. The molecule has 2 aliphatic rings. The van der Waals surface area contributed by atoms with Crippen molar-refractivity contribution in [2.24, 2.45) is 0 Å². The monoisotopic (exact) mass is 357 g/mol. The van der Waals surface area contributed by atoms with Crippen LogP contribution in [0.2, 0.25) is 0 Å². The summed E-state index contributed by atoms with van der Waals surface area (Å²) in [7, 11) is 0. The van der Waals surface area contributed by atoms with Gasteiger partial charge in [-0.05, 0) is 31.0 Å². The molecule has 3 heterocycles. The molecule has 3 N–H and O–H groups in total. The highest BCUT2D eigenvalue weighted by atomic mass is 19.1. The number of rotatable bonds is 2. The van der Waals surface area contributed by atoms with Gasteiger partial charge in [0.25, 0.3) is 0 Å². The summed E-state index contributed by atoms with van der Waals surface area (Å²) in [5, 5.41) is 12.9. The number of piperidine rings is 1. The number of ketones is 1. The van der Waals surface area contributed by atoms with Gasteiger partial charge in [0, 0.05) is 54.6 Å². The number of benzene rings is 1. The molecule has 0 atom stereocenters. The molecule has 1 spiro atoms. The molecule has 4 rings (SSSR count). The molecule has 0 unspecified atom stereocenters. The van der Waals surface area contributed by atoms with Crippen LogP contribution in [-0.2, 0) is 6.54 Å². The van der Waals surface area contributed by atoms with Gasteiger partial charge in [-0.1, -0.05) is 0 Å². The second-order valence-electron chi connectivity index (χ2n) is 6.95. The fourth-order valence-corrected chi connectivity index (χ4v) is 3.69. The largest absolute Gasteiger partial charge is 0.378 e. The molecule has 0 bridgehead atoms. The standard InChI is InChI=1S/C18H20FN5O2/c19-13-1-2-15-14(7-13)16(25)8-18(23-15)3-5-24(6-4-18)17(26)20-9-12-10-21-22-11-12/h1-2,7,10-11,23H,3-6,8-9H2,(H,20,26)(H,21,22). The summed E-state index contributed by atoms with van der Waals surface area (Å²) in [5.41, 5.74) is 1.65. The van der Waals surface area contributed by atoms with E-state index in [2.05, 4.69) is 20.8 Å². The van der Waals surface area contributed by atoms with E-state index in [1.165, 1.54) is 12.1 Å². The third kappa shape index (κ3) is 3.14. The Kier molecular flexibility index (Phi) is 4.10. The summed E-state index contributed by atoms with van der Waals surface area (Å²) in [4.78, 5) is 26.5. The summed E-state index contributed by atoms with van der Waals surface area (Å²) in [6, 6.07) is 4.14. The lowest BCUT2D eigenvalue weighted by atomic mass is 9.78. The predicted molar refractivity (Wildman–Crippen MR) is 93.3 cm³/mol. The van der Waals surface area contributed by atoms with Crippen molar-refractivity contribution in [2.75, 3.05) is 18.4 Å². The molecule has 26 heavy (non-hydrogen) atoms. The van der Waals surface area contributed by atoms with Crippen LogP contribution in [0.4, 0.5) is 14.9 Å². The van der Waals surface area contributed by atoms with Crippen LogP contribution in [0.25, 0.3) is 0 Å². The zero-order chi connectivity index (χ0) is 18.1. The number of carbonyl (C=O) groups excluding carboxylic acids is 2. The van der Waals surface area contributed by atoms with Crippen LogP contribution in [0.3, 0.4) is 0 Å². The van der Waals surface area contributed by atoms with Gasteiger partial charge >= 0.3 is 6.03 Å². The number of aromatic amines is 1. The van der Waals surface area contributed by atoms with Gasteiger partial charge in [0.15, 0.2) is 5.78 Å². The normalized spacial score (nSPS) is 18.3. The number of halogens is 1. The number of aromatic nitrogens is 2. The van der Waals surface area contributed by atoms with Gasteiger partial charge in [0.1, 0.15) is 5.82 Å². The number of nitrogens with zero attached hydrogens (tertiary/aromatic N) is 2. The minimum absolute atomic E-state index is 0.0453. The topological polar surface area (TPSA) is 90.1 Å². The SMILES string of the molecule is O=C1CC2(CCN(C(=O)NCc3cn[nH]c3)CC2)Nc2ccc(F)cc21. The second kappa shape index (κ2) is 6.44. The summed E-state index contributed by atoms with van der Waals surface area (Å²) < 4.78 is 13.4. The van der Waals surface area contributed by atoms with Crippen molar-refractivity contribution < 1.29 is 14.0 Å². The third-order valence-electron chi connectivity index (χ3n) is 5.19. The smallest absolute Gasteiger partial charge is 0.317 e. The van der Waals surface area contributed by atoms with E-state index in [-0.39, 0.29) is 17.4 Å². The van der Waals surface area contributed by atoms with Crippen molar-refractivity contribution in [1.82, 2.24) is 20.4 Å². The Morgan fingerprint density at radius 2 is 2.15 bits per heavy atom. The maximum atomic E-state index is 13.4. The molecule has 0 aliphatic carbocycles. The Morgan fingerprint density at radius 3 is 2.88 bits per heavy atom. The van der Waals surface area contributed by atoms with E-state index in [9.17, 15) is 14.0 Å². The quantitative estimate of drug-likeness (QED) is 0.769. The molecule has 1 aromatic carbocycles. The summed E-state index contributed by atoms with van der Waals surface area (Å²) in [5.74, 6) is -0.449. The maximum Gasteiger partial charge on any atom is 0.317 e. The van der Waals surface area contributed by atoms with Crippen LogP contribution in [-0.4, -0.2) is 45.5 Å². The van der Waals surface area contributed by atoms with Gasteiger partial charge < -0.3 is 15.5 Å². The number of hydrogen-bond donors (Lipinski definition) is 3. The summed E-state index contributed by atoms with van der Waals surface area (Å²) in [6.45, 7) is 1.55. The molecule has 7 nitrogen and oxygen atoms in total. The Bertz CT molecular complexity index is 828. The van der Waals surface area contributed by atoms with Gasteiger partial charge in [0.2, 0.25) is 0 Å². The number of nitrogens with one attached hydrogen (secondary N) is 3. The number of urea groups is 1. The van der Waals surface area contributed by atoms with E-state index < -0.39 is 5.82 Å². The van der Waals surface area contributed by atoms with E-state index in [0.29, 0.717) is 50.1 Å². The predicted octanol–water partition coefficient (Wildman–Crippen LogP) is 2.29. The van der Waals surface area contributed by atoms with Crippen LogP contribution < -0.4 is 10.6 Å². The van der Waals surface area contributed by atoms with Crippen LogP contribution in [0.15, 0.2) is 30.6 Å².